The Morgan fingerprint density at radius 2 is 2.00 bits per heavy atom. The molecule has 0 atom stereocenters. The third kappa shape index (κ3) is 3.70. The van der Waals surface area contributed by atoms with Crippen molar-refractivity contribution in [1.29, 1.82) is 0 Å². The van der Waals surface area contributed by atoms with Gasteiger partial charge in [-0.1, -0.05) is 15.9 Å². The minimum absolute atomic E-state index is 0.201. The van der Waals surface area contributed by atoms with Crippen LogP contribution in [0.4, 0.5) is 5.69 Å². The highest BCUT2D eigenvalue weighted by Crippen LogP contribution is 2.24. The first kappa shape index (κ1) is 15.5. The fourth-order valence-electron chi connectivity index (χ4n) is 1.30. The van der Waals surface area contributed by atoms with E-state index in [0.29, 0.717) is 21.3 Å². The van der Waals surface area contributed by atoms with Crippen LogP contribution in [-0.2, 0) is 9.53 Å². The highest BCUT2D eigenvalue weighted by Gasteiger charge is 2.29. The molecule has 0 heterocycles. The Bertz CT molecular complexity index is 526. The van der Waals surface area contributed by atoms with E-state index in [1.54, 1.807) is 19.1 Å². The molecule has 104 valence electrons. The average Bonchev–Trinajstić information content (AvgIpc) is 2.30. The molecule has 0 fully saturated rings. The number of anilines is 1. The Balaban J connectivity index is 2.88. The lowest BCUT2D eigenvalue weighted by Gasteiger charge is -2.19. The molecule has 1 aromatic carbocycles. The average molecular weight is 330 g/mol. The predicted molar refractivity (Wildman–Crippen MR) is 75.0 cm³/mol. The number of ether oxygens (including phenoxy) is 1. The number of hydrogen-bond acceptors (Lipinski definition) is 4. The van der Waals surface area contributed by atoms with E-state index in [9.17, 15) is 9.59 Å². The molecule has 0 radical (unpaired) electrons. The molecule has 3 N–H and O–H groups in total. The molecule has 0 aromatic heterocycles. The van der Waals surface area contributed by atoms with Gasteiger partial charge in [-0.3, -0.25) is 4.79 Å². The Kier molecular flexibility index (Phi) is 4.57. The molecule has 0 aliphatic rings. The third-order valence-electron chi connectivity index (χ3n) is 2.78. The number of carboxylic acid groups (broad SMARTS) is 1. The first-order valence-corrected chi connectivity index (χ1v) is 6.40. The summed E-state index contributed by atoms with van der Waals surface area (Å²) in [5.74, 6) is -1.61. The van der Waals surface area contributed by atoms with Gasteiger partial charge in [-0.2, -0.15) is 0 Å². The zero-order valence-corrected chi connectivity index (χ0v) is 12.6. The first-order chi connectivity index (χ1) is 8.65. The van der Waals surface area contributed by atoms with E-state index >= 15 is 0 Å². The summed E-state index contributed by atoms with van der Waals surface area (Å²) in [5, 5.41) is 8.95. The van der Waals surface area contributed by atoms with Gasteiger partial charge in [-0.05, 0) is 38.5 Å². The molecule has 0 saturated carbocycles. The van der Waals surface area contributed by atoms with Gasteiger partial charge in [-0.15, -0.1) is 0 Å². The zero-order valence-electron chi connectivity index (χ0n) is 11.0. The summed E-state index contributed by atoms with van der Waals surface area (Å²) in [5.41, 5.74) is 6.04. The Hall–Kier alpha value is -1.56. The molecule has 0 bridgehead atoms. The van der Waals surface area contributed by atoms with E-state index in [2.05, 4.69) is 15.9 Å². The van der Waals surface area contributed by atoms with Gasteiger partial charge in [0.2, 0.25) is 0 Å². The number of esters is 1. The molecule has 0 spiro atoms. The van der Waals surface area contributed by atoms with Crippen molar-refractivity contribution in [3.05, 3.63) is 27.7 Å². The van der Waals surface area contributed by atoms with Crippen LogP contribution in [0, 0.1) is 12.3 Å². The van der Waals surface area contributed by atoms with E-state index in [-0.39, 0.29) is 6.61 Å². The molecule has 1 aromatic rings. The van der Waals surface area contributed by atoms with Crippen LogP contribution < -0.4 is 5.73 Å². The number of nitrogens with two attached hydrogens (primary N) is 1. The molecular formula is C13H16BrNO4. The molecule has 0 aliphatic carbocycles. The van der Waals surface area contributed by atoms with Gasteiger partial charge in [0.25, 0.3) is 0 Å². The van der Waals surface area contributed by atoms with Crippen LogP contribution in [0.2, 0.25) is 0 Å². The third-order valence-corrected chi connectivity index (χ3v) is 3.23. The topological polar surface area (TPSA) is 89.6 Å². The standard InChI is InChI=1S/C13H16BrNO4/c1-7-9(4-8(14)5-10(7)15)11(16)19-6-13(2,3)12(17)18/h4-5H,6,15H2,1-3H3,(H,17,18). The summed E-state index contributed by atoms with van der Waals surface area (Å²) >= 11 is 3.25. The van der Waals surface area contributed by atoms with Crippen molar-refractivity contribution < 1.29 is 19.4 Å². The predicted octanol–water partition coefficient (Wildman–Crippen LogP) is 2.61. The van der Waals surface area contributed by atoms with Gasteiger partial charge in [0.15, 0.2) is 0 Å². The smallest absolute Gasteiger partial charge is 0.338 e. The van der Waals surface area contributed by atoms with Gasteiger partial charge < -0.3 is 15.6 Å². The van der Waals surface area contributed by atoms with Gasteiger partial charge in [0.05, 0.1) is 11.0 Å². The van der Waals surface area contributed by atoms with Crippen molar-refractivity contribution in [3.63, 3.8) is 0 Å². The van der Waals surface area contributed by atoms with Crippen LogP contribution in [0.15, 0.2) is 16.6 Å². The van der Waals surface area contributed by atoms with Crippen LogP contribution in [0.25, 0.3) is 0 Å². The molecule has 0 amide bonds. The Morgan fingerprint density at radius 3 is 2.53 bits per heavy atom. The SMILES string of the molecule is Cc1c(N)cc(Br)cc1C(=O)OCC(C)(C)C(=O)O. The summed E-state index contributed by atoms with van der Waals surface area (Å²) in [7, 11) is 0. The molecule has 0 aliphatic heterocycles. The van der Waals surface area contributed by atoms with Crippen LogP contribution in [0.1, 0.15) is 29.8 Å². The zero-order chi connectivity index (χ0) is 14.8. The molecule has 0 saturated heterocycles. The molecule has 5 nitrogen and oxygen atoms in total. The van der Waals surface area contributed by atoms with Crippen molar-refractivity contribution in [2.24, 2.45) is 5.41 Å². The number of halogens is 1. The van der Waals surface area contributed by atoms with E-state index < -0.39 is 17.4 Å². The number of rotatable bonds is 4. The maximum atomic E-state index is 11.9. The monoisotopic (exact) mass is 329 g/mol. The number of nitrogen functional groups attached to an aromatic ring is 1. The van der Waals surface area contributed by atoms with E-state index in [4.69, 9.17) is 15.6 Å². The fourth-order valence-corrected chi connectivity index (χ4v) is 1.77. The number of carbonyl (C=O) groups is 2. The lowest BCUT2D eigenvalue weighted by Crippen LogP contribution is -2.30. The number of carboxylic acids is 1. The molecule has 19 heavy (non-hydrogen) atoms. The largest absolute Gasteiger partial charge is 0.481 e. The van der Waals surface area contributed by atoms with Crippen molar-refractivity contribution in [1.82, 2.24) is 0 Å². The number of carbonyl (C=O) groups excluding carboxylic acids is 1. The van der Waals surface area contributed by atoms with Gasteiger partial charge >= 0.3 is 11.9 Å². The molecule has 1 rings (SSSR count). The maximum Gasteiger partial charge on any atom is 0.338 e. The van der Waals surface area contributed by atoms with Crippen molar-refractivity contribution in [2.75, 3.05) is 12.3 Å². The van der Waals surface area contributed by atoms with Gasteiger partial charge in [-0.25, -0.2) is 4.79 Å². The minimum atomic E-state index is -1.12. The number of benzene rings is 1. The van der Waals surface area contributed by atoms with Crippen LogP contribution >= 0.6 is 15.9 Å². The lowest BCUT2D eigenvalue weighted by molar-refractivity contribution is -0.149. The van der Waals surface area contributed by atoms with E-state index in [0.717, 1.165) is 0 Å². The van der Waals surface area contributed by atoms with Gasteiger partial charge in [0, 0.05) is 10.2 Å². The fraction of sp³-hybridized carbons (Fsp3) is 0.385. The van der Waals surface area contributed by atoms with Crippen molar-refractivity contribution in [3.8, 4) is 0 Å². The number of hydrogen-bond donors (Lipinski definition) is 2. The van der Waals surface area contributed by atoms with E-state index in [1.165, 1.54) is 13.8 Å². The first-order valence-electron chi connectivity index (χ1n) is 5.61. The molecule has 0 unspecified atom stereocenters. The van der Waals surface area contributed by atoms with Crippen molar-refractivity contribution in [2.45, 2.75) is 20.8 Å². The number of aliphatic carboxylic acids is 1. The summed E-state index contributed by atoms with van der Waals surface area (Å²) < 4.78 is 5.72. The quantitative estimate of drug-likeness (QED) is 0.654. The molecule has 6 heteroatoms. The van der Waals surface area contributed by atoms with Crippen LogP contribution in [0.3, 0.4) is 0 Å². The van der Waals surface area contributed by atoms with Gasteiger partial charge in [0.1, 0.15) is 6.61 Å². The minimum Gasteiger partial charge on any atom is -0.481 e. The normalized spacial score (nSPS) is 11.2. The summed E-state index contributed by atoms with van der Waals surface area (Å²) in [6, 6.07) is 3.29. The highest BCUT2D eigenvalue weighted by atomic mass is 79.9. The summed E-state index contributed by atoms with van der Waals surface area (Å²) in [4.78, 5) is 22.9. The second-order valence-electron chi connectivity index (χ2n) is 4.93. The molecular weight excluding hydrogens is 314 g/mol. The highest BCUT2D eigenvalue weighted by molar-refractivity contribution is 9.10. The Labute approximate surface area is 119 Å². The lowest BCUT2D eigenvalue weighted by atomic mass is 9.95. The summed E-state index contributed by atoms with van der Waals surface area (Å²) in [6.07, 6.45) is 0. The second-order valence-corrected chi connectivity index (χ2v) is 5.85. The van der Waals surface area contributed by atoms with Crippen LogP contribution in [-0.4, -0.2) is 23.7 Å². The van der Waals surface area contributed by atoms with Crippen molar-refractivity contribution >= 4 is 33.6 Å². The van der Waals surface area contributed by atoms with E-state index in [1.807, 2.05) is 0 Å². The second kappa shape index (κ2) is 5.61. The Morgan fingerprint density at radius 1 is 1.42 bits per heavy atom. The van der Waals surface area contributed by atoms with Crippen LogP contribution in [0.5, 0.6) is 0 Å². The maximum absolute atomic E-state index is 11.9. The summed E-state index contributed by atoms with van der Waals surface area (Å²) in [6.45, 7) is 4.49.